The summed E-state index contributed by atoms with van der Waals surface area (Å²) in [7, 11) is 0. The summed E-state index contributed by atoms with van der Waals surface area (Å²) in [6.07, 6.45) is 0. The molecule has 0 saturated carbocycles. The van der Waals surface area contributed by atoms with Gasteiger partial charge in [-0.05, 0) is 5.92 Å². The van der Waals surface area contributed by atoms with Crippen LogP contribution in [0.1, 0.15) is 13.8 Å². The van der Waals surface area contributed by atoms with E-state index in [1.807, 2.05) is 13.8 Å². The third kappa shape index (κ3) is 8.34. The Hall–Kier alpha value is -0.260. The highest BCUT2D eigenvalue weighted by Gasteiger charge is 2.26. The molecule has 0 saturated heterocycles. The molecule has 0 aromatic rings. The number of hydrogen-bond donors (Lipinski definition) is 2. The van der Waals surface area contributed by atoms with Crippen molar-refractivity contribution in [3.05, 3.63) is 0 Å². The van der Waals surface area contributed by atoms with Crippen LogP contribution in [0, 0.1) is 5.92 Å². The van der Waals surface area contributed by atoms with Gasteiger partial charge >= 0.3 is 0 Å². The number of aliphatic hydroxyl groups excluding tert-OH is 1. The van der Waals surface area contributed by atoms with Gasteiger partial charge < -0.3 is 15.2 Å². The second-order valence-corrected chi connectivity index (χ2v) is 3.66. The van der Waals surface area contributed by atoms with Crippen LogP contribution in [-0.2, 0) is 4.74 Å². The Bertz CT molecular complexity index is 143. The molecule has 0 fully saturated rings. The summed E-state index contributed by atoms with van der Waals surface area (Å²) in [5, 5.41) is 10.8. The molecule has 0 aliphatic heterocycles. The van der Waals surface area contributed by atoms with E-state index in [0.29, 0.717) is 25.7 Å². The van der Waals surface area contributed by atoms with Crippen molar-refractivity contribution in [1.29, 1.82) is 0 Å². The Morgan fingerprint density at radius 3 is 2.57 bits per heavy atom. The molecule has 0 atom stereocenters. The largest absolute Gasteiger partial charge is 0.390 e. The molecule has 0 aliphatic carbocycles. The summed E-state index contributed by atoms with van der Waals surface area (Å²) in [4.78, 5) is 0. The van der Waals surface area contributed by atoms with Gasteiger partial charge in [-0.2, -0.15) is 0 Å². The van der Waals surface area contributed by atoms with Crippen LogP contribution in [-0.4, -0.2) is 43.9 Å². The minimum Gasteiger partial charge on any atom is -0.390 e. The molecular weight excluding hydrogens is 192 g/mol. The molecule has 0 spiro atoms. The number of hydrogen-bond acceptors (Lipinski definition) is 3. The molecule has 0 bridgehead atoms. The number of alkyl halides is 2. The van der Waals surface area contributed by atoms with Crippen LogP contribution in [0.4, 0.5) is 8.78 Å². The molecule has 5 heteroatoms. The van der Waals surface area contributed by atoms with Crippen LogP contribution in [0.15, 0.2) is 0 Å². The van der Waals surface area contributed by atoms with E-state index < -0.39 is 19.1 Å². The molecule has 14 heavy (non-hydrogen) atoms. The third-order valence-corrected chi connectivity index (χ3v) is 1.49. The minimum absolute atomic E-state index is 0.377. The van der Waals surface area contributed by atoms with Gasteiger partial charge in [-0.3, -0.25) is 0 Å². The molecule has 0 heterocycles. The van der Waals surface area contributed by atoms with E-state index >= 15 is 0 Å². The number of nitrogens with one attached hydrogen (secondary N) is 1. The zero-order valence-electron chi connectivity index (χ0n) is 8.72. The molecule has 3 nitrogen and oxygen atoms in total. The lowest BCUT2D eigenvalue weighted by Crippen LogP contribution is -2.37. The normalized spacial score (nSPS) is 12.4. The van der Waals surface area contributed by atoms with Crippen molar-refractivity contribution >= 4 is 0 Å². The highest BCUT2D eigenvalue weighted by Crippen LogP contribution is 2.09. The lowest BCUT2D eigenvalue weighted by Gasteiger charge is -2.14. The lowest BCUT2D eigenvalue weighted by molar-refractivity contribution is -0.0484. The van der Waals surface area contributed by atoms with Crippen LogP contribution in [0.5, 0.6) is 0 Å². The van der Waals surface area contributed by atoms with Crippen LogP contribution in [0.2, 0.25) is 0 Å². The van der Waals surface area contributed by atoms with E-state index in [-0.39, 0.29) is 0 Å². The lowest BCUT2D eigenvalue weighted by atomic mass is 10.2. The average molecular weight is 211 g/mol. The molecule has 0 aliphatic rings. The van der Waals surface area contributed by atoms with Crippen molar-refractivity contribution < 1.29 is 18.6 Å². The number of aliphatic hydroxyl groups is 1. The molecule has 0 radical (unpaired) electrons. The smallest absolute Gasteiger partial charge is 0.282 e. The van der Waals surface area contributed by atoms with Gasteiger partial charge in [0.2, 0.25) is 0 Å². The standard InChI is InChI=1S/C9H19F2NO2/c1-8(2)5-14-4-3-12-6-9(10,11)7-13/h8,12-13H,3-7H2,1-2H3. The van der Waals surface area contributed by atoms with Gasteiger partial charge in [0.15, 0.2) is 0 Å². The SMILES string of the molecule is CC(C)COCCNCC(F)(F)CO. The average Bonchev–Trinajstić information content (AvgIpc) is 2.10. The van der Waals surface area contributed by atoms with E-state index in [1.165, 1.54) is 0 Å². The van der Waals surface area contributed by atoms with Crippen molar-refractivity contribution in [3.63, 3.8) is 0 Å². The van der Waals surface area contributed by atoms with Gasteiger partial charge in [-0.25, -0.2) is 8.78 Å². The summed E-state index contributed by atoms with van der Waals surface area (Å²) in [6, 6.07) is 0. The van der Waals surface area contributed by atoms with Crippen LogP contribution < -0.4 is 5.32 Å². The fraction of sp³-hybridized carbons (Fsp3) is 1.00. The fourth-order valence-corrected chi connectivity index (χ4v) is 0.791. The van der Waals surface area contributed by atoms with Gasteiger partial charge in [0.25, 0.3) is 5.92 Å². The Morgan fingerprint density at radius 1 is 1.43 bits per heavy atom. The zero-order valence-corrected chi connectivity index (χ0v) is 8.72. The first-order chi connectivity index (χ1) is 6.48. The van der Waals surface area contributed by atoms with Crippen LogP contribution in [0.25, 0.3) is 0 Å². The second-order valence-electron chi connectivity index (χ2n) is 3.66. The second kappa shape index (κ2) is 7.09. The molecule has 2 N–H and O–H groups in total. The highest BCUT2D eigenvalue weighted by atomic mass is 19.3. The van der Waals surface area contributed by atoms with E-state index in [1.54, 1.807) is 0 Å². The maximum Gasteiger partial charge on any atom is 0.282 e. The first kappa shape index (κ1) is 13.7. The third-order valence-electron chi connectivity index (χ3n) is 1.49. The van der Waals surface area contributed by atoms with Crippen molar-refractivity contribution in [1.82, 2.24) is 5.32 Å². The first-order valence-electron chi connectivity index (χ1n) is 4.75. The molecule has 0 aromatic carbocycles. The number of halogens is 2. The first-order valence-corrected chi connectivity index (χ1v) is 4.75. The number of rotatable bonds is 8. The van der Waals surface area contributed by atoms with Crippen LogP contribution >= 0.6 is 0 Å². The molecule has 0 unspecified atom stereocenters. The fourth-order valence-electron chi connectivity index (χ4n) is 0.791. The van der Waals surface area contributed by atoms with Crippen LogP contribution in [0.3, 0.4) is 0 Å². The topological polar surface area (TPSA) is 41.5 Å². The predicted molar refractivity (Wildman–Crippen MR) is 50.6 cm³/mol. The van der Waals surface area contributed by atoms with Crippen molar-refractivity contribution in [2.45, 2.75) is 19.8 Å². The summed E-state index contributed by atoms with van der Waals surface area (Å²) in [5.41, 5.74) is 0. The van der Waals surface area contributed by atoms with Crippen molar-refractivity contribution in [2.75, 3.05) is 32.9 Å². The number of ether oxygens (including phenoxy) is 1. The quantitative estimate of drug-likeness (QED) is 0.585. The molecule has 0 aromatic heterocycles. The maximum atomic E-state index is 12.4. The Kier molecular flexibility index (Phi) is 6.96. The minimum atomic E-state index is -3.03. The van der Waals surface area contributed by atoms with Gasteiger partial charge in [-0.1, -0.05) is 13.8 Å². The Labute approximate surface area is 83.4 Å². The summed E-state index contributed by atoms with van der Waals surface area (Å²) >= 11 is 0. The zero-order chi connectivity index (χ0) is 11.0. The molecule has 0 amide bonds. The van der Waals surface area contributed by atoms with Crippen molar-refractivity contribution in [3.8, 4) is 0 Å². The van der Waals surface area contributed by atoms with Gasteiger partial charge in [-0.15, -0.1) is 0 Å². The summed E-state index contributed by atoms with van der Waals surface area (Å²) in [6.45, 7) is 3.85. The van der Waals surface area contributed by atoms with Gasteiger partial charge in [0.05, 0.1) is 13.2 Å². The van der Waals surface area contributed by atoms with E-state index in [2.05, 4.69) is 5.32 Å². The molecule has 0 rings (SSSR count). The summed E-state index contributed by atoms with van der Waals surface area (Å²) in [5.74, 6) is -2.58. The maximum absolute atomic E-state index is 12.4. The highest BCUT2D eigenvalue weighted by molar-refractivity contribution is 4.67. The Balaban J connectivity index is 3.21. The monoisotopic (exact) mass is 211 g/mol. The molecule has 86 valence electrons. The van der Waals surface area contributed by atoms with Crippen molar-refractivity contribution in [2.24, 2.45) is 5.92 Å². The molecular formula is C9H19F2NO2. The van der Waals surface area contributed by atoms with Gasteiger partial charge in [0.1, 0.15) is 6.61 Å². The van der Waals surface area contributed by atoms with E-state index in [0.717, 1.165) is 0 Å². The van der Waals surface area contributed by atoms with E-state index in [4.69, 9.17) is 9.84 Å². The van der Waals surface area contributed by atoms with Gasteiger partial charge in [0, 0.05) is 13.2 Å². The van der Waals surface area contributed by atoms with E-state index in [9.17, 15) is 8.78 Å². The Morgan fingerprint density at radius 2 is 2.07 bits per heavy atom. The predicted octanol–water partition coefficient (Wildman–Crippen LogP) is 0.876. The summed E-state index contributed by atoms with van der Waals surface area (Å²) < 4.78 is 30.0.